The molecule has 0 saturated heterocycles. The van der Waals surface area contributed by atoms with Crippen LogP contribution in [-0.4, -0.2) is 15.2 Å². The van der Waals surface area contributed by atoms with Gasteiger partial charge in [0.05, 0.1) is 6.54 Å². The molecule has 0 aromatic carbocycles. The van der Waals surface area contributed by atoms with Crippen molar-refractivity contribution in [3.8, 4) is 0 Å². The minimum atomic E-state index is 0.729. The van der Waals surface area contributed by atoms with Crippen LogP contribution in [0, 0.1) is 13.8 Å². The Balaban J connectivity index is 1.94. The van der Waals surface area contributed by atoms with Crippen LogP contribution >= 0.6 is 22.7 Å². The van der Waals surface area contributed by atoms with Gasteiger partial charge < -0.3 is 5.32 Å². The second kappa shape index (κ2) is 4.02. The van der Waals surface area contributed by atoms with Crippen molar-refractivity contribution in [1.29, 1.82) is 0 Å². The maximum Gasteiger partial charge on any atom is 0.206 e. The Hall–Kier alpha value is -1.01. The van der Waals surface area contributed by atoms with Gasteiger partial charge in [-0.25, -0.2) is 4.98 Å². The Morgan fingerprint density at radius 1 is 1.36 bits per heavy atom. The molecular formula is C8H10N4S2. The number of nitrogens with one attached hydrogen (secondary N) is 1. The van der Waals surface area contributed by atoms with Crippen LogP contribution in [0.5, 0.6) is 0 Å². The molecule has 2 aromatic heterocycles. The largest absolute Gasteiger partial charge is 0.354 e. The van der Waals surface area contributed by atoms with Crippen LogP contribution < -0.4 is 5.32 Å². The molecule has 0 unspecified atom stereocenters. The van der Waals surface area contributed by atoms with Crippen LogP contribution in [0.4, 0.5) is 5.13 Å². The lowest BCUT2D eigenvalue weighted by molar-refractivity contribution is 1.01. The molecule has 0 atom stereocenters. The molecule has 4 nitrogen and oxygen atoms in total. The maximum absolute atomic E-state index is 4.35. The third-order valence-electron chi connectivity index (χ3n) is 1.58. The third-order valence-corrected chi connectivity index (χ3v) is 3.35. The van der Waals surface area contributed by atoms with Crippen molar-refractivity contribution in [2.45, 2.75) is 20.4 Å². The number of rotatable bonds is 3. The zero-order valence-electron chi connectivity index (χ0n) is 7.94. The second-order valence-electron chi connectivity index (χ2n) is 2.86. The molecule has 0 fully saturated rings. The lowest BCUT2D eigenvalue weighted by Gasteiger charge is -1.96. The SMILES string of the molecule is Cc1csc(CNc2nnc(C)s2)n1. The number of thiazole rings is 1. The average molecular weight is 226 g/mol. The van der Waals surface area contributed by atoms with Crippen molar-refractivity contribution < 1.29 is 0 Å². The molecule has 1 N–H and O–H groups in total. The molecule has 0 saturated carbocycles. The topological polar surface area (TPSA) is 50.7 Å². The van der Waals surface area contributed by atoms with Gasteiger partial charge in [0.25, 0.3) is 0 Å². The fourth-order valence-corrected chi connectivity index (χ4v) is 2.30. The zero-order valence-corrected chi connectivity index (χ0v) is 9.58. The van der Waals surface area contributed by atoms with E-state index in [-0.39, 0.29) is 0 Å². The van der Waals surface area contributed by atoms with Crippen molar-refractivity contribution in [2.75, 3.05) is 5.32 Å². The van der Waals surface area contributed by atoms with Gasteiger partial charge in [0.2, 0.25) is 5.13 Å². The number of anilines is 1. The van der Waals surface area contributed by atoms with Crippen LogP contribution in [0.3, 0.4) is 0 Å². The van der Waals surface area contributed by atoms with Gasteiger partial charge in [0.1, 0.15) is 10.0 Å². The summed E-state index contributed by atoms with van der Waals surface area (Å²) >= 11 is 3.22. The van der Waals surface area contributed by atoms with Crippen molar-refractivity contribution in [3.05, 3.63) is 21.1 Å². The summed E-state index contributed by atoms with van der Waals surface area (Å²) in [5.74, 6) is 0. The molecule has 0 aliphatic carbocycles. The fraction of sp³-hybridized carbons (Fsp3) is 0.375. The average Bonchev–Trinajstić information content (AvgIpc) is 2.72. The normalized spacial score (nSPS) is 10.4. The maximum atomic E-state index is 4.35. The van der Waals surface area contributed by atoms with E-state index in [1.165, 1.54) is 0 Å². The summed E-state index contributed by atoms with van der Waals surface area (Å²) in [7, 11) is 0. The summed E-state index contributed by atoms with van der Waals surface area (Å²) in [6.07, 6.45) is 0. The molecule has 14 heavy (non-hydrogen) atoms. The highest BCUT2D eigenvalue weighted by atomic mass is 32.1. The number of hydrogen-bond donors (Lipinski definition) is 1. The Kier molecular flexibility index (Phi) is 2.74. The third kappa shape index (κ3) is 2.27. The molecule has 0 radical (unpaired) electrons. The van der Waals surface area contributed by atoms with Gasteiger partial charge in [-0.05, 0) is 13.8 Å². The lowest BCUT2D eigenvalue weighted by atomic mass is 10.6. The number of hydrogen-bond acceptors (Lipinski definition) is 6. The van der Waals surface area contributed by atoms with Gasteiger partial charge in [-0.3, -0.25) is 0 Å². The first-order valence-electron chi connectivity index (χ1n) is 4.19. The van der Waals surface area contributed by atoms with E-state index < -0.39 is 0 Å². The van der Waals surface area contributed by atoms with Crippen LogP contribution in [-0.2, 0) is 6.54 Å². The fourth-order valence-electron chi connectivity index (χ4n) is 1.00. The van der Waals surface area contributed by atoms with E-state index in [0.29, 0.717) is 0 Å². The Morgan fingerprint density at radius 3 is 2.79 bits per heavy atom. The molecule has 2 aromatic rings. The Morgan fingerprint density at radius 2 is 2.21 bits per heavy atom. The summed E-state index contributed by atoms with van der Waals surface area (Å²) in [6, 6.07) is 0. The summed E-state index contributed by atoms with van der Waals surface area (Å²) in [4.78, 5) is 4.35. The highest BCUT2D eigenvalue weighted by molar-refractivity contribution is 7.15. The Labute approximate surface area is 90.0 Å². The molecular weight excluding hydrogens is 216 g/mol. The van der Waals surface area contributed by atoms with Crippen molar-refractivity contribution >= 4 is 27.8 Å². The second-order valence-corrected chi connectivity index (χ2v) is 4.99. The first kappa shape index (κ1) is 9.54. The quantitative estimate of drug-likeness (QED) is 0.872. The van der Waals surface area contributed by atoms with E-state index in [2.05, 4.69) is 20.5 Å². The number of aryl methyl sites for hydroxylation is 2. The van der Waals surface area contributed by atoms with Gasteiger partial charge in [0, 0.05) is 11.1 Å². The molecule has 6 heteroatoms. The number of aromatic nitrogens is 3. The zero-order chi connectivity index (χ0) is 9.97. The molecule has 0 aliphatic heterocycles. The van der Waals surface area contributed by atoms with Gasteiger partial charge in [-0.15, -0.1) is 21.5 Å². The summed E-state index contributed by atoms with van der Waals surface area (Å²) in [5.41, 5.74) is 1.07. The van der Waals surface area contributed by atoms with E-state index in [9.17, 15) is 0 Å². The highest BCUT2D eigenvalue weighted by Gasteiger charge is 2.01. The molecule has 2 heterocycles. The first-order chi connectivity index (χ1) is 6.74. The van der Waals surface area contributed by atoms with E-state index in [0.717, 1.165) is 27.4 Å². The monoisotopic (exact) mass is 226 g/mol. The predicted octanol–water partition coefficient (Wildman–Crippen LogP) is 2.22. The van der Waals surface area contributed by atoms with E-state index in [1.807, 2.05) is 19.2 Å². The van der Waals surface area contributed by atoms with E-state index in [4.69, 9.17) is 0 Å². The molecule has 2 rings (SSSR count). The van der Waals surface area contributed by atoms with Crippen LogP contribution in [0.25, 0.3) is 0 Å². The molecule has 0 spiro atoms. The van der Waals surface area contributed by atoms with Crippen LogP contribution in [0.2, 0.25) is 0 Å². The smallest absolute Gasteiger partial charge is 0.206 e. The van der Waals surface area contributed by atoms with Crippen molar-refractivity contribution in [2.24, 2.45) is 0 Å². The van der Waals surface area contributed by atoms with E-state index in [1.54, 1.807) is 22.7 Å². The minimum Gasteiger partial charge on any atom is -0.354 e. The minimum absolute atomic E-state index is 0.729. The van der Waals surface area contributed by atoms with Crippen molar-refractivity contribution in [3.63, 3.8) is 0 Å². The molecule has 0 bridgehead atoms. The number of nitrogens with zero attached hydrogens (tertiary/aromatic N) is 3. The lowest BCUT2D eigenvalue weighted by Crippen LogP contribution is -1.98. The summed E-state index contributed by atoms with van der Waals surface area (Å²) in [6.45, 7) is 4.67. The first-order valence-corrected chi connectivity index (χ1v) is 5.88. The van der Waals surface area contributed by atoms with Crippen LogP contribution in [0.15, 0.2) is 5.38 Å². The van der Waals surface area contributed by atoms with Gasteiger partial charge >= 0.3 is 0 Å². The predicted molar refractivity (Wildman–Crippen MR) is 58.8 cm³/mol. The van der Waals surface area contributed by atoms with Gasteiger partial charge in [-0.1, -0.05) is 11.3 Å². The van der Waals surface area contributed by atoms with Crippen LogP contribution in [0.1, 0.15) is 15.7 Å². The van der Waals surface area contributed by atoms with Crippen molar-refractivity contribution in [1.82, 2.24) is 15.2 Å². The van der Waals surface area contributed by atoms with Gasteiger partial charge in [-0.2, -0.15) is 0 Å². The molecule has 74 valence electrons. The van der Waals surface area contributed by atoms with Gasteiger partial charge in [0.15, 0.2) is 0 Å². The molecule has 0 aliphatic rings. The summed E-state index contributed by atoms with van der Waals surface area (Å²) in [5, 5.41) is 16.0. The highest BCUT2D eigenvalue weighted by Crippen LogP contribution is 2.16. The standard InChI is InChI=1S/C8H10N4S2/c1-5-4-13-7(10-5)3-9-8-12-11-6(2)14-8/h4H,3H2,1-2H3,(H,9,12). The Bertz CT molecular complexity index is 380. The summed E-state index contributed by atoms with van der Waals surface area (Å²) < 4.78 is 0. The molecule has 0 amide bonds. The van der Waals surface area contributed by atoms with E-state index >= 15 is 0 Å².